The van der Waals surface area contributed by atoms with Crippen molar-refractivity contribution in [3.05, 3.63) is 11.7 Å². The fourth-order valence-electron chi connectivity index (χ4n) is 1.66. The number of hydrogen-bond donors (Lipinski definition) is 2. The molecule has 0 aliphatic carbocycles. The molecule has 6 nitrogen and oxygen atoms in total. The van der Waals surface area contributed by atoms with Crippen LogP contribution in [0.3, 0.4) is 0 Å². The van der Waals surface area contributed by atoms with Crippen molar-refractivity contribution in [3.8, 4) is 0 Å². The lowest BCUT2D eigenvalue weighted by Crippen LogP contribution is -2.40. The summed E-state index contributed by atoms with van der Waals surface area (Å²) >= 11 is 0. The molecule has 104 valence electrons. The third kappa shape index (κ3) is 3.51. The lowest BCUT2D eigenvalue weighted by atomic mass is 9.92. The van der Waals surface area contributed by atoms with Crippen LogP contribution in [0.25, 0.3) is 0 Å². The van der Waals surface area contributed by atoms with Crippen molar-refractivity contribution >= 4 is 0 Å². The molecule has 1 atom stereocenters. The number of aliphatic hydroxyl groups is 2. The van der Waals surface area contributed by atoms with Crippen molar-refractivity contribution < 1.29 is 14.7 Å². The molecule has 0 aliphatic rings. The summed E-state index contributed by atoms with van der Waals surface area (Å²) in [7, 11) is 1.91. The molecule has 1 aromatic rings. The Morgan fingerprint density at radius 2 is 2.00 bits per heavy atom. The Labute approximate surface area is 108 Å². The van der Waals surface area contributed by atoms with Gasteiger partial charge in [-0.05, 0) is 14.0 Å². The zero-order valence-electron chi connectivity index (χ0n) is 11.6. The van der Waals surface area contributed by atoms with Gasteiger partial charge < -0.3 is 14.7 Å². The Kier molecular flexibility index (Phi) is 5.25. The van der Waals surface area contributed by atoms with E-state index < -0.39 is 5.41 Å². The highest BCUT2D eigenvalue weighted by Crippen LogP contribution is 2.23. The Morgan fingerprint density at radius 3 is 2.44 bits per heavy atom. The summed E-state index contributed by atoms with van der Waals surface area (Å²) in [5.74, 6) is 1.25. The summed E-state index contributed by atoms with van der Waals surface area (Å²) < 4.78 is 5.19. The van der Waals surface area contributed by atoms with Crippen molar-refractivity contribution in [2.75, 3.05) is 26.8 Å². The summed E-state index contributed by atoms with van der Waals surface area (Å²) in [6.45, 7) is 6.18. The van der Waals surface area contributed by atoms with Crippen molar-refractivity contribution in [1.82, 2.24) is 15.0 Å². The Balaban J connectivity index is 2.68. The number of nitrogens with zero attached hydrogens (tertiary/aromatic N) is 3. The highest BCUT2D eigenvalue weighted by molar-refractivity contribution is 4.92. The molecule has 0 aromatic carbocycles. The van der Waals surface area contributed by atoms with E-state index in [1.54, 1.807) is 0 Å². The standard InChI is InChI=1S/C12H23N3O3/c1-5-10-13-11(18-14-10)9(2)15(4)6-12(3,7-16)8-17/h9,16-17H,5-8H2,1-4H3. The van der Waals surface area contributed by atoms with Gasteiger partial charge in [0.05, 0.1) is 19.3 Å². The molecule has 0 aliphatic heterocycles. The minimum absolute atomic E-state index is 0.0461. The molecule has 1 heterocycles. The lowest BCUT2D eigenvalue weighted by Gasteiger charge is -2.32. The van der Waals surface area contributed by atoms with E-state index in [4.69, 9.17) is 4.52 Å². The second-order valence-corrected chi connectivity index (χ2v) is 5.12. The second kappa shape index (κ2) is 6.26. The van der Waals surface area contributed by atoms with Crippen molar-refractivity contribution in [2.45, 2.75) is 33.2 Å². The molecule has 6 heteroatoms. The highest BCUT2D eigenvalue weighted by atomic mass is 16.5. The van der Waals surface area contributed by atoms with Crippen LogP contribution >= 0.6 is 0 Å². The van der Waals surface area contributed by atoms with Gasteiger partial charge in [-0.15, -0.1) is 0 Å². The molecule has 0 radical (unpaired) electrons. The van der Waals surface area contributed by atoms with Crippen LogP contribution in [0.5, 0.6) is 0 Å². The summed E-state index contributed by atoms with van der Waals surface area (Å²) in [6, 6.07) is -0.0461. The predicted octanol–water partition coefficient (Wildman–Crippen LogP) is 0.616. The molecule has 1 unspecified atom stereocenters. The molecule has 18 heavy (non-hydrogen) atoms. The first kappa shape index (κ1) is 15.1. The highest BCUT2D eigenvalue weighted by Gasteiger charge is 2.28. The van der Waals surface area contributed by atoms with Gasteiger partial charge in [-0.1, -0.05) is 19.0 Å². The smallest absolute Gasteiger partial charge is 0.243 e. The first-order chi connectivity index (χ1) is 8.45. The first-order valence-electron chi connectivity index (χ1n) is 6.20. The second-order valence-electron chi connectivity index (χ2n) is 5.12. The largest absolute Gasteiger partial charge is 0.396 e. The number of aliphatic hydroxyl groups excluding tert-OH is 2. The van der Waals surface area contributed by atoms with E-state index in [-0.39, 0.29) is 19.3 Å². The number of aryl methyl sites for hydroxylation is 1. The van der Waals surface area contributed by atoms with Crippen LogP contribution in [0.1, 0.15) is 38.5 Å². The van der Waals surface area contributed by atoms with Gasteiger partial charge in [-0.2, -0.15) is 4.98 Å². The van der Waals surface area contributed by atoms with Crippen molar-refractivity contribution in [3.63, 3.8) is 0 Å². The lowest BCUT2D eigenvalue weighted by molar-refractivity contribution is 0.0287. The molecule has 2 N–H and O–H groups in total. The number of rotatable bonds is 7. The van der Waals surface area contributed by atoms with Gasteiger partial charge in [0.15, 0.2) is 5.82 Å². The number of aromatic nitrogens is 2. The van der Waals surface area contributed by atoms with Crippen LogP contribution in [0.2, 0.25) is 0 Å². The third-order valence-electron chi connectivity index (χ3n) is 3.21. The molecule has 0 saturated heterocycles. The minimum atomic E-state index is -0.531. The Bertz CT molecular complexity index is 363. The maximum Gasteiger partial charge on any atom is 0.243 e. The van der Waals surface area contributed by atoms with Crippen LogP contribution < -0.4 is 0 Å². The van der Waals surface area contributed by atoms with Gasteiger partial charge in [0.2, 0.25) is 5.89 Å². The minimum Gasteiger partial charge on any atom is -0.396 e. The zero-order valence-corrected chi connectivity index (χ0v) is 11.6. The SMILES string of the molecule is CCc1noc(C(C)N(C)CC(C)(CO)CO)n1. The van der Waals surface area contributed by atoms with Crippen LogP contribution in [0.15, 0.2) is 4.52 Å². The Morgan fingerprint density at radius 1 is 1.39 bits per heavy atom. The van der Waals surface area contributed by atoms with E-state index in [0.717, 1.165) is 6.42 Å². The van der Waals surface area contributed by atoms with E-state index in [2.05, 4.69) is 10.1 Å². The average molecular weight is 257 g/mol. The van der Waals surface area contributed by atoms with E-state index in [9.17, 15) is 10.2 Å². The van der Waals surface area contributed by atoms with E-state index >= 15 is 0 Å². The summed E-state index contributed by atoms with van der Waals surface area (Å²) in [6.07, 6.45) is 0.741. The van der Waals surface area contributed by atoms with E-state index in [0.29, 0.717) is 18.3 Å². The van der Waals surface area contributed by atoms with Gasteiger partial charge in [0.25, 0.3) is 0 Å². The van der Waals surface area contributed by atoms with Crippen molar-refractivity contribution in [1.29, 1.82) is 0 Å². The summed E-state index contributed by atoms with van der Waals surface area (Å²) in [5.41, 5.74) is -0.531. The van der Waals surface area contributed by atoms with Crippen molar-refractivity contribution in [2.24, 2.45) is 5.41 Å². The molecule has 1 rings (SSSR count). The summed E-state index contributed by atoms with van der Waals surface area (Å²) in [4.78, 5) is 6.27. The van der Waals surface area contributed by atoms with E-state index in [1.807, 2.05) is 32.7 Å². The normalized spacial score (nSPS) is 14.2. The van der Waals surface area contributed by atoms with Gasteiger partial charge in [-0.25, -0.2) is 0 Å². The van der Waals surface area contributed by atoms with Crippen LogP contribution in [0.4, 0.5) is 0 Å². The van der Waals surface area contributed by atoms with Gasteiger partial charge >= 0.3 is 0 Å². The van der Waals surface area contributed by atoms with Gasteiger partial charge in [0.1, 0.15) is 0 Å². The maximum absolute atomic E-state index is 9.29. The molecule has 0 saturated carbocycles. The Hall–Kier alpha value is -0.980. The molecule has 1 aromatic heterocycles. The first-order valence-corrected chi connectivity index (χ1v) is 6.20. The van der Waals surface area contributed by atoms with Crippen LogP contribution in [-0.2, 0) is 6.42 Å². The molecule has 0 fully saturated rings. The molecular formula is C12H23N3O3. The van der Waals surface area contributed by atoms with Crippen LogP contribution in [0, 0.1) is 5.41 Å². The topological polar surface area (TPSA) is 82.6 Å². The maximum atomic E-state index is 9.29. The van der Waals surface area contributed by atoms with Gasteiger partial charge in [0, 0.05) is 18.4 Å². The number of hydrogen-bond acceptors (Lipinski definition) is 6. The van der Waals surface area contributed by atoms with Crippen LogP contribution in [-0.4, -0.2) is 52.1 Å². The van der Waals surface area contributed by atoms with E-state index in [1.165, 1.54) is 0 Å². The molecule has 0 spiro atoms. The fourth-order valence-corrected chi connectivity index (χ4v) is 1.66. The molecular weight excluding hydrogens is 234 g/mol. The average Bonchev–Trinajstić information content (AvgIpc) is 2.86. The monoisotopic (exact) mass is 257 g/mol. The predicted molar refractivity (Wildman–Crippen MR) is 67.0 cm³/mol. The van der Waals surface area contributed by atoms with Gasteiger partial charge in [-0.3, -0.25) is 4.90 Å². The molecule has 0 amide bonds. The summed E-state index contributed by atoms with van der Waals surface area (Å²) in [5, 5.41) is 22.4. The zero-order chi connectivity index (χ0) is 13.8. The molecule has 0 bridgehead atoms. The fraction of sp³-hybridized carbons (Fsp3) is 0.833. The quantitative estimate of drug-likeness (QED) is 0.745. The third-order valence-corrected chi connectivity index (χ3v) is 3.21.